The van der Waals surface area contributed by atoms with Crippen molar-refractivity contribution >= 4 is 10.9 Å². The molecule has 2 aromatic heterocycles. The van der Waals surface area contributed by atoms with Gasteiger partial charge in [0.05, 0.1) is 16.9 Å². The van der Waals surface area contributed by atoms with Crippen LogP contribution in [0.1, 0.15) is 29.3 Å². The third-order valence-electron chi connectivity index (χ3n) is 5.69. The summed E-state index contributed by atoms with van der Waals surface area (Å²) in [5, 5.41) is 8.74. The molecule has 1 aliphatic heterocycles. The first-order valence-electron chi connectivity index (χ1n) is 10.2. The predicted octanol–water partition coefficient (Wildman–Crippen LogP) is 4.67. The van der Waals surface area contributed by atoms with Crippen LogP contribution in [0.4, 0.5) is 4.39 Å². The van der Waals surface area contributed by atoms with Crippen molar-refractivity contribution in [3.05, 3.63) is 89.6 Å². The van der Waals surface area contributed by atoms with Gasteiger partial charge in [-0.1, -0.05) is 30.3 Å². The van der Waals surface area contributed by atoms with Gasteiger partial charge in [0.15, 0.2) is 11.6 Å². The van der Waals surface area contributed by atoms with Gasteiger partial charge in [-0.15, -0.1) is 0 Å². The Labute approximate surface area is 174 Å². The molecular formula is C24H23FN4O. The minimum atomic E-state index is -0.354. The highest BCUT2D eigenvalue weighted by Gasteiger charge is 2.26. The Morgan fingerprint density at radius 2 is 1.97 bits per heavy atom. The van der Waals surface area contributed by atoms with Crippen molar-refractivity contribution in [1.82, 2.24) is 20.1 Å². The molecule has 4 aromatic rings. The number of hydrogen-bond acceptors (Lipinski definition) is 4. The molecule has 1 saturated heterocycles. The van der Waals surface area contributed by atoms with E-state index in [0.29, 0.717) is 5.92 Å². The lowest BCUT2D eigenvalue weighted by atomic mass is 10.1. The summed E-state index contributed by atoms with van der Waals surface area (Å²) in [5.41, 5.74) is 4.25. The molecule has 5 rings (SSSR count). The van der Waals surface area contributed by atoms with Gasteiger partial charge >= 0.3 is 0 Å². The van der Waals surface area contributed by atoms with Gasteiger partial charge in [0.25, 0.3) is 0 Å². The molecule has 0 amide bonds. The Hall–Kier alpha value is -3.25. The van der Waals surface area contributed by atoms with Crippen molar-refractivity contribution < 1.29 is 9.13 Å². The summed E-state index contributed by atoms with van der Waals surface area (Å²) in [6, 6.07) is 18.9. The summed E-state index contributed by atoms with van der Waals surface area (Å²) >= 11 is 0. The number of aromatic amines is 1. The molecule has 1 aliphatic rings. The average molecular weight is 402 g/mol. The fraction of sp³-hybridized carbons (Fsp3) is 0.250. The summed E-state index contributed by atoms with van der Waals surface area (Å²) in [5.74, 6) is 0.286. The van der Waals surface area contributed by atoms with E-state index in [1.165, 1.54) is 17.0 Å². The van der Waals surface area contributed by atoms with E-state index in [9.17, 15) is 4.39 Å². The number of H-pyrrole nitrogens is 1. The van der Waals surface area contributed by atoms with E-state index in [2.05, 4.69) is 44.3 Å². The monoisotopic (exact) mass is 402 g/mol. The van der Waals surface area contributed by atoms with Crippen LogP contribution < -0.4 is 4.74 Å². The fourth-order valence-electron chi connectivity index (χ4n) is 4.13. The molecule has 152 valence electrons. The van der Waals surface area contributed by atoms with Crippen LogP contribution in [0.15, 0.2) is 66.9 Å². The van der Waals surface area contributed by atoms with Crippen LogP contribution in [0.3, 0.4) is 0 Å². The molecule has 1 N–H and O–H groups in total. The second-order valence-electron chi connectivity index (χ2n) is 7.75. The molecule has 0 spiro atoms. The predicted molar refractivity (Wildman–Crippen MR) is 114 cm³/mol. The molecule has 1 atom stereocenters. The van der Waals surface area contributed by atoms with E-state index in [0.717, 1.165) is 43.0 Å². The summed E-state index contributed by atoms with van der Waals surface area (Å²) in [4.78, 5) is 6.93. The Morgan fingerprint density at radius 1 is 1.10 bits per heavy atom. The van der Waals surface area contributed by atoms with E-state index in [-0.39, 0.29) is 18.2 Å². The Morgan fingerprint density at radius 3 is 2.90 bits per heavy atom. The standard InChI is InChI=1S/C24H23FN4O/c25-21-6-2-4-8-24(21)30-16-19-13-23(28-27-19)18-10-12-29(15-18)14-17-9-11-26-22-7-3-1-5-20(17)22/h1-9,11,13,18H,10,12,14-16H2,(H,27,28)/t18-/m1/s1. The highest BCUT2D eigenvalue weighted by Crippen LogP contribution is 2.29. The van der Waals surface area contributed by atoms with Gasteiger partial charge in [-0.3, -0.25) is 15.0 Å². The number of benzene rings is 2. The van der Waals surface area contributed by atoms with Crippen molar-refractivity contribution in [2.75, 3.05) is 13.1 Å². The Bertz CT molecular complexity index is 1150. The number of rotatable bonds is 6. The lowest BCUT2D eigenvalue weighted by Crippen LogP contribution is -2.20. The molecule has 0 aliphatic carbocycles. The first-order chi connectivity index (χ1) is 14.8. The van der Waals surface area contributed by atoms with Gasteiger partial charge in [-0.2, -0.15) is 5.10 Å². The first kappa shape index (κ1) is 18.8. The molecular weight excluding hydrogens is 379 g/mol. The maximum absolute atomic E-state index is 13.7. The highest BCUT2D eigenvalue weighted by molar-refractivity contribution is 5.81. The maximum atomic E-state index is 13.7. The van der Waals surface area contributed by atoms with Crippen LogP contribution >= 0.6 is 0 Å². The van der Waals surface area contributed by atoms with Gasteiger partial charge in [-0.05, 0) is 48.9 Å². The summed E-state index contributed by atoms with van der Waals surface area (Å²) in [7, 11) is 0. The molecule has 1 fully saturated rings. The largest absolute Gasteiger partial charge is 0.484 e. The van der Waals surface area contributed by atoms with Crippen LogP contribution in [0.2, 0.25) is 0 Å². The van der Waals surface area contributed by atoms with Gasteiger partial charge in [0.2, 0.25) is 0 Å². The van der Waals surface area contributed by atoms with Crippen molar-refractivity contribution in [3.63, 3.8) is 0 Å². The van der Waals surface area contributed by atoms with Crippen molar-refractivity contribution in [1.29, 1.82) is 0 Å². The van der Waals surface area contributed by atoms with E-state index in [4.69, 9.17) is 4.74 Å². The van der Waals surface area contributed by atoms with Crippen LogP contribution in [0.25, 0.3) is 10.9 Å². The van der Waals surface area contributed by atoms with Crippen LogP contribution in [0, 0.1) is 5.82 Å². The highest BCUT2D eigenvalue weighted by atomic mass is 19.1. The molecule has 30 heavy (non-hydrogen) atoms. The quantitative estimate of drug-likeness (QED) is 0.509. The number of para-hydroxylation sites is 2. The smallest absolute Gasteiger partial charge is 0.165 e. The molecule has 2 aromatic carbocycles. The Balaban J connectivity index is 1.21. The molecule has 6 heteroatoms. The average Bonchev–Trinajstić information content (AvgIpc) is 3.43. The number of likely N-dealkylation sites (tertiary alicyclic amines) is 1. The number of fused-ring (bicyclic) bond motifs is 1. The van der Waals surface area contributed by atoms with Crippen LogP contribution in [0.5, 0.6) is 5.75 Å². The lowest BCUT2D eigenvalue weighted by Gasteiger charge is -2.16. The summed E-state index contributed by atoms with van der Waals surface area (Å²) in [6.45, 7) is 3.19. The topological polar surface area (TPSA) is 54.0 Å². The van der Waals surface area contributed by atoms with Gasteiger partial charge in [0, 0.05) is 30.6 Å². The normalized spacial score (nSPS) is 16.9. The molecule has 5 nitrogen and oxygen atoms in total. The van der Waals surface area contributed by atoms with Crippen molar-refractivity contribution in [3.8, 4) is 5.75 Å². The third-order valence-corrected chi connectivity index (χ3v) is 5.69. The van der Waals surface area contributed by atoms with Crippen molar-refractivity contribution in [2.45, 2.75) is 25.5 Å². The van der Waals surface area contributed by atoms with Gasteiger partial charge in [-0.25, -0.2) is 4.39 Å². The zero-order chi connectivity index (χ0) is 20.3. The van der Waals surface area contributed by atoms with Gasteiger partial charge < -0.3 is 4.74 Å². The Kier molecular flexibility index (Phi) is 5.15. The first-order valence-corrected chi connectivity index (χ1v) is 10.2. The molecule has 0 radical (unpaired) electrons. The minimum absolute atomic E-state index is 0.255. The summed E-state index contributed by atoms with van der Waals surface area (Å²) < 4.78 is 19.3. The lowest BCUT2D eigenvalue weighted by molar-refractivity contribution is 0.286. The molecule has 0 bridgehead atoms. The van der Waals surface area contributed by atoms with E-state index in [1.807, 2.05) is 18.3 Å². The summed E-state index contributed by atoms with van der Waals surface area (Å²) in [6.07, 6.45) is 2.96. The molecule has 3 heterocycles. The fourth-order valence-corrected chi connectivity index (χ4v) is 4.13. The SMILES string of the molecule is Fc1ccccc1OCc1cc([C@@H]2CCN(Cc3ccnc4ccccc34)C2)n[nH]1. The zero-order valence-electron chi connectivity index (χ0n) is 16.6. The minimum Gasteiger partial charge on any atom is -0.484 e. The third kappa shape index (κ3) is 3.91. The van der Waals surface area contributed by atoms with E-state index < -0.39 is 0 Å². The second-order valence-corrected chi connectivity index (χ2v) is 7.75. The number of pyridine rings is 1. The molecule has 0 unspecified atom stereocenters. The van der Waals surface area contributed by atoms with E-state index >= 15 is 0 Å². The number of aromatic nitrogens is 3. The zero-order valence-corrected chi connectivity index (χ0v) is 16.6. The number of nitrogens with zero attached hydrogens (tertiary/aromatic N) is 3. The number of hydrogen-bond donors (Lipinski definition) is 1. The number of nitrogens with one attached hydrogen (secondary N) is 1. The van der Waals surface area contributed by atoms with Gasteiger partial charge in [0.1, 0.15) is 6.61 Å². The maximum Gasteiger partial charge on any atom is 0.165 e. The van der Waals surface area contributed by atoms with Crippen LogP contribution in [-0.2, 0) is 13.2 Å². The second kappa shape index (κ2) is 8.24. The number of ether oxygens (including phenoxy) is 1. The molecule has 0 saturated carbocycles. The van der Waals surface area contributed by atoms with Crippen molar-refractivity contribution in [2.24, 2.45) is 0 Å². The number of halogens is 1. The van der Waals surface area contributed by atoms with Crippen LogP contribution in [-0.4, -0.2) is 33.2 Å². The van der Waals surface area contributed by atoms with E-state index in [1.54, 1.807) is 18.2 Å².